The zero-order chi connectivity index (χ0) is 12.8. The third-order valence-corrected chi connectivity index (χ3v) is 4.13. The minimum absolute atomic E-state index is 0.899. The number of hydrogen-bond acceptors (Lipinski definition) is 4. The smallest absolute Gasteiger partial charge is 0.183 e. The van der Waals surface area contributed by atoms with Crippen LogP contribution in [0, 0.1) is 0 Å². The first kappa shape index (κ1) is 13.4. The van der Waals surface area contributed by atoms with Crippen LogP contribution in [0.5, 0.6) is 0 Å². The van der Waals surface area contributed by atoms with Gasteiger partial charge in [0.1, 0.15) is 4.60 Å². The molecule has 0 aliphatic rings. The van der Waals surface area contributed by atoms with Gasteiger partial charge in [-0.05, 0) is 34.5 Å². The van der Waals surface area contributed by atoms with E-state index >= 15 is 0 Å². The Morgan fingerprint density at radius 2 is 2.11 bits per heavy atom. The van der Waals surface area contributed by atoms with Crippen LogP contribution in [-0.4, -0.2) is 25.1 Å². The molecule has 3 nitrogen and oxygen atoms in total. The molecule has 18 heavy (non-hydrogen) atoms. The van der Waals surface area contributed by atoms with Crippen molar-refractivity contribution in [3.8, 4) is 0 Å². The maximum Gasteiger partial charge on any atom is 0.183 e. The van der Waals surface area contributed by atoms with Crippen molar-refractivity contribution in [1.82, 2.24) is 4.98 Å². The van der Waals surface area contributed by atoms with Crippen LogP contribution in [0.2, 0.25) is 0 Å². The lowest BCUT2D eigenvalue weighted by atomic mass is 10.3. The summed E-state index contributed by atoms with van der Waals surface area (Å²) in [5.74, 6) is 0. The highest BCUT2D eigenvalue weighted by atomic mass is 79.9. The molecule has 0 unspecified atom stereocenters. The van der Waals surface area contributed by atoms with E-state index in [0.29, 0.717) is 0 Å². The molecule has 0 aliphatic carbocycles. The highest BCUT2D eigenvalue weighted by Crippen LogP contribution is 2.19. The van der Waals surface area contributed by atoms with Crippen LogP contribution in [0.1, 0.15) is 6.42 Å². The van der Waals surface area contributed by atoms with E-state index in [1.165, 1.54) is 5.69 Å². The average Bonchev–Trinajstić information content (AvgIpc) is 2.81. The van der Waals surface area contributed by atoms with Crippen molar-refractivity contribution in [2.75, 3.05) is 30.4 Å². The van der Waals surface area contributed by atoms with Gasteiger partial charge in [-0.3, -0.25) is 0 Å². The molecule has 1 aromatic heterocycles. The molecule has 0 amide bonds. The minimum Gasteiger partial charge on any atom is -0.375 e. The number of aromatic nitrogens is 1. The Hall–Kier alpha value is -1.07. The third kappa shape index (κ3) is 3.99. The van der Waals surface area contributed by atoms with Gasteiger partial charge in [0.15, 0.2) is 5.13 Å². The van der Waals surface area contributed by atoms with Crippen molar-refractivity contribution in [1.29, 1.82) is 0 Å². The highest BCUT2D eigenvalue weighted by molar-refractivity contribution is 9.10. The summed E-state index contributed by atoms with van der Waals surface area (Å²) in [6, 6.07) is 10.4. The van der Waals surface area contributed by atoms with Crippen LogP contribution >= 0.6 is 27.3 Å². The molecule has 2 aromatic rings. The predicted molar refractivity (Wildman–Crippen MR) is 82.6 cm³/mol. The number of halogens is 1. The highest BCUT2D eigenvalue weighted by Gasteiger charge is 2.00. The maximum atomic E-state index is 4.30. The number of para-hydroxylation sites is 1. The molecule has 5 heteroatoms. The second-order valence-electron chi connectivity index (χ2n) is 4.01. The van der Waals surface area contributed by atoms with Crippen molar-refractivity contribution in [2.45, 2.75) is 6.42 Å². The number of nitrogens with one attached hydrogen (secondary N) is 1. The SMILES string of the molecule is CN(CCCNc1nc(Br)cs1)c1ccccc1. The summed E-state index contributed by atoms with van der Waals surface area (Å²) >= 11 is 4.97. The molecular formula is C13H16BrN3S. The summed E-state index contributed by atoms with van der Waals surface area (Å²) in [4.78, 5) is 6.56. The number of rotatable bonds is 6. The first-order valence-electron chi connectivity index (χ1n) is 5.87. The molecule has 0 atom stereocenters. The minimum atomic E-state index is 0.899. The lowest BCUT2D eigenvalue weighted by Gasteiger charge is -2.19. The molecule has 0 bridgehead atoms. The van der Waals surface area contributed by atoms with Gasteiger partial charge in [0, 0.05) is 31.2 Å². The Balaban J connectivity index is 1.69. The molecule has 1 heterocycles. The summed E-state index contributed by atoms with van der Waals surface area (Å²) in [6.45, 7) is 1.97. The van der Waals surface area contributed by atoms with Crippen molar-refractivity contribution in [3.05, 3.63) is 40.3 Å². The van der Waals surface area contributed by atoms with E-state index in [1.54, 1.807) is 11.3 Å². The van der Waals surface area contributed by atoms with Crippen molar-refractivity contribution < 1.29 is 0 Å². The lowest BCUT2D eigenvalue weighted by molar-refractivity contribution is 0.816. The number of benzene rings is 1. The predicted octanol–water partition coefficient (Wildman–Crippen LogP) is 3.84. The standard InChI is InChI=1S/C13H16BrN3S/c1-17(11-6-3-2-4-7-11)9-5-8-15-13-16-12(14)10-18-13/h2-4,6-7,10H,5,8-9H2,1H3,(H,15,16). The van der Waals surface area contributed by atoms with E-state index < -0.39 is 0 Å². The summed E-state index contributed by atoms with van der Waals surface area (Å²) < 4.78 is 0.899. The number of nitrogens with zero attached hydrogens (tertiary/aromatic N) is 2. The van der Waals surface area contributed by atoms with E-state index in [-0.39, 0.29) is 0 Å². The molecule has 0 aliphatic heterocycles. The van der Waals surface area contributed by atoms with Gasteiger partial charge in [0.05, 0.1) is 0 Å². The second-order valence-corrected chi connectivity index (χ2v) is 5.68. The fourth-order valence-electron chi connectivity index (χ4n) is 1.66. The van der Waals surface area contributed by atoms with E-state index in [2.05, 4.69) is 62.4 Å². The normalized spacial score (nSPS) is 10.3. The molecule has 0 saturated heterocycles. The number of thiazole rings is 1. The van der Waals surface area contributed by atoms with Gasteiger partial charge in [0.25, 0.3) is 0 Å². The Morgan fingerprint density at radius 3 is 2.78 bits per heavy atom. The molecule has 0 fully saturated rings. The summed E-state index contributed by atoms with van der Waals surface area (Å²) in [6.07, 6.45) is 1.09. The van der Waals surface area contributed by atoms with Crippen LogP contribution in [0.15, 0.2) is 40.3 Å². The van der Waals surface area contributed by atoms with E-state index in [1.807, 2.05) is 11.4 Å². The Labute approximate surface area is 120 Å². The zero-order valence-electron chi connectivity index (χ0n) is 10.3. The van der Waals surface area contributed by atoms with Gasteiger partial charge >= 0.3 is 0 Å². The molecule has 2 rings (SSSR count). The molecule has 1 N–H and O–H groups in total. The first-order chi connectivity index (χ1) is 8.75. The first-order valence-corrected chi connectivity index (χ1v) is 7.54. The van der Waals surface area contributed by atoms with E-state index in [9.17, 15) is 0 Å². The van der Waals surface area contributed by atoms with E-state index in [4.69, 9.17) is 0 Å². The Kier molecular flexibility index (Phi) is 5.01. The van der Waals surface area contributed by atoms with Gasteiger partial charge in [-0.15, -0.1) is 11.3 Å². The van der Waals surface area contributed by atoms with Gasteiger partial charge in [0.2, 0.25) is 0 Å². The molecule has 0 saturated carbocycles. The van der Waals surface area contributed by atoms with Gasteiger partial charge in [-0.1, -0.05) is 18.2 Å². The maximum absolute atomic E-state index is 4.30. The third-order valence-electron chi connectivity index (χ3n) is 2.62. The van der Waals surface area contributed by atoms with Crippen LogP contribution < -0.4 is 10.2 Å². The zero-order valence-corrected chi connectivity index (χ0v) is 12.7. The fraction of sp³-hybridized carbons (Fsp3) is 0.308. The van der Waals surface area contributed by atoms with Crippen molar-refractivity contribution >= 4 is 38.1 Å². The number of anilines is 2. The van der Waals surface area contributed by atoms with Gasteiger partial charge in [-0.2, -0.15) is 0 Å². The van der Waals surface area contributed by atoms with Crippen molar-refractivity contribution in [2.24, 2.45) is 0 Å². The van der Waals surface area contributed by atoms with Crippen LogP contribution in [0.25, 0.3) is 0 Å². The Morgan fingerprint density at radius 1 is 1.33 bits per heavy atom. The second kappa shape index (κ2) is 6.75. The fourth-order valence-corrected chi connectivity index (χ4v) is 2.83. The van der Waals surface area contributed by atoms with Gasteiger partial charge < -0.3 is 10.2 Å². The molecule has 96 valence electrons. The van der Waals surface area contributed by atoms with Gasteiger partial charge in [-0.25, -0.2) is 4.98 Å². The summed E-state index contributed by atoms with van der Waals surface area (Å²) in [7, 11) is 2.12. The molecule has 1 aromatic carbocycles. The lowest BCUT2D eigenvalue weighted by Crippen LogP contribution is -2.20. The molecular weight excluding hydrogens is 310 g/mol. The van der Waals surface area contributed by atoms with Crippen LogP contribution in [0.3, 0.4) is 0 Å². The van der Waals surface area contributed by atoms with Crippen LogP contribution in [-0.2, 0) is 0 Å². The van der Waals surface area contributed by atoms with Crippen molar-refractivity contribution in [3.63, 3.8) is 0 Å². The monoisotopic (exact) mass is 325 g/mol. The largest absolute Gasteiger partial charge is 0.375 e. The summed E-state index contributed by atoms with van der Waals surface area (Å²) in [5, 5.41) is 6.28. The average molecular weight is 326 g/mol. The quantitative estimate of drug-likeness (QED) is 0.818. The molecule has 0 spiro atoms. The summed E-state index contributed by atoms with van der Waals surface area (Å²) in [5.41, 5.74) is 1.26. The van der Waals surface area contributed by atoms with Crippen LogP contribution in [0.4, 0.5) is 10.8 Å². The Bertz CT molecular complexity index is 472. The topological polar surface area (TPSA) is 28.2 Å². The molecule has 0 radical (unpaired) electrons. The number of hydrogen-bond donors (Lipinski definition) is 1. The van der Waals surface area contributed by atoms with E-state index in [0.717, 1.165) is 29.2 Å².